The summed E-state index contributed by atoms with van der Waals surface area (Å²) in [6.45, 7) is 4.30. The first kappa shape index (κ1) is 12.6. The van der Waals surface area contributed by atoms with Gasteiger partial charge in [0.1, 0.15) is 5.02 Å². The molecule has 2 aromatic heterocycles. The molecule has 0 aromatic carbocycles. The molecule has 0 saturated carbocycles. The van der Waals surface area contributed by atoms with Gasteiger partial charge in [-0.3, -0.25) is 19.0 Å². The van der Waals surface area contributed by atoms with Crippen LogP contribution in [0, 0.1) is 0 Å². The summed E-state index contributed by atoms with van der Waals surface area (Å²) < 4.78 is 3.12. The molecule has 2 aromatic rings. The third-order valence-corrected chi connectivity index (χ3v) is 2.76. The Morgan fingerprint density at radius 3 is 2.78 bits per heavy atom. The van der Waals surface area contributed by atoms with Gasteiger partial charge < -0.3 is 0 Å². The number of hydrogen-bond donors (Lipinski definition) is 1. The van der Waals surface area contributed by atoms with Crippen LogP contribution >= 0.6 is 11.6 Å². The van der Waals surface area contributed by atoms with Crippen molar-refractivity contribution in [2.24, 2.45) is 0 Å². The highest BCUT2D eigenvalue weighted by Gasteiger charge is 2.06. The van der Waals surface area contributed by atoms with Crippen molar-refractivity contribution >= 4 is 11.6 Å². The van der Waals surface area contributed by atoms with Crippen LogP contribution in [0.2, 0.25) is 5.02 Å². The highest BCUT2D eigenvalue weighted by Crippen LogP contribution is 2.05. The number of hydrogen-bond acceptors (Lipinski definition) is 3. The lowest BCUT2D eigenvalue weighted by Crippen LogP contribution is -2.30. The number of aromatic amines is 1. The van der Waals surface area contributed by atoms with Crippen LogP contribution in [0.5, 0.6) is 0 Å². The van der Waals surface area contributed by atoms with Crippen molar-refractivity contribution in [1.29, 1.82) is 0 Å². The number of nitrogens with zero attached hydrogens (tertiary/aromatic N) is 3. The van der Waals surface area contributed by atoms with E-state index in [4.69, 9.17) is 11.6 Å². The highest BCUT2D eigenvalue weighted by atomic mass is 35.5. The van der Waals surface area contributed by atoms with Crippen molar-refractivity contribution in [2.45, 2.75) is 26.4 Å². The van der Waals surface area contributed by atoms with E-state index < -0.39 is 11.2 Å². The van der Waals surface area contributed by atoms with Gasteiger partial charge in [0.2, 0.25) is 0 Å². The molecule has 0 unspecified atom stereocenters. The van der Waals surface area contributed by atoms with Crippen molar-refractivity contribution in [3.8, 4) is 0 Å². The lowest BCUT2D eigenvalue weighted by molar-refractivity contribution is 0.522. The van der Waals surface area contributed by atoms with Gasteiger partial charge in [0.15, 0.2) is 0 Å². The first-order valence-electron chi connectivity index (χ1n) is 5.50. The van der Waals surface area contributed by atoms with Gasteiger partial charge >= 0.3 is 5.69 Å². The Bertz CT molecular complexity index is 668. The molecule has 0 amide bonds. The van der Waals surface area contributed by atoms with Crippen molar-refractivity contribution in [3.63, 3.8) is 0 Å². The number of halogens is 1. The van der Waals surface area contributed by atoms with Crippen LogP contribution in [-0.4, -0.2) is 19.3 Å². The van der Waals surface area contributed by atoms with Gasteiger partial charge in [-0.2, -0.15) is 5.10 Å². The van der Waals surface area contributed by atoms with Gasteiger partial charge in [0.25, 0.3) is 5.56 Å². The minimum atomic E-state index is -0.578. The SMILES string of the molecule is CC(C)n1ccc(Cn2cc(Cl)c(=O)[nH]c2=O)n1. The van der Waals surface area contributed by atoms with Gasteiger partial charge in [-0.25, -0.2) is 4.79 Å². The molecule has 0 radical (unpaired) electrons. The van der Waals surface area contributed by atoms with Gasteiger partial charge in [-0.05, 0) is 19.9 Å². The van der Waals surface area contributed by atoms with Crippen LogP contribution in [0.15, 0.2) is 28.0 Å². The first-order valence-corrected chi connectivity index (χ1v) is 5.88. The molecular formula is C11H13ClN4O2. The Hall–Kier alpha value is -1.82. The molecule has 0 aliphatic carbocycles. The van der Waals surface area contributed by atoms with Gasteiger partial charge in [0.05, 0.1) is 12.2 Å². The maximum atomic E-state index is 11.6. The van der Waals surface area contributed by atoms with Crippen LogP contribution in [-0.2, 0) is 6.54 Å². The molecule has 0 atom stereocenters. The molecular weight excluding hydrogens is 256 g/mol. The molecule has 0 aliphatic rings. The first-order chi connectivity index (χ1) is 8.47. The molecule has 18 heavy (non-hydrogen) atoms. The van der Waals surface area contributed by atoms with E-state index in [0.717, 1.165) is 5.69 Å². The molecule has 2 rings (SSSR count). The van der Waals surface area contributed by atoms with Crippen LogP contribution in [0.25, 0.3) is 0 Å². The topological polar surface area (TPSA) is 72.7 Å². The minimum Gasteiger partial charge on any atom is -0.293 e. The fourth-order valence-corrected chi connectivity index (χ4v) is 1.69. The smallest absolute Gasteiger partial charge is 0.293 e. The van der Waals surface area contributed by atoms with E-state index in [1.54, 1.807) is 4.68 Å². The number of H-pyrrole nitrogens is 1. The Morgan fingerprint density at radius 1 is 1.44 bits per heavy atom. The van der Waals surface area contributed by atoms with Crippen LogP contribution in [0.4, 0.5) is 0 Å². The average Bonchev–Trinajstić information content (AvgIpc) is 2.74. The summed E-state index contributed by atoms with van der Waals surface area (Å²) in [5.41, 5.74) is -0.344. The van der Waals surface area contributed by atoms with Crippen molar-refractivity contribution in [1.82, 2.24) is 19.3 Å². The van der Waals surface area contributed by atoms with E-state index in [1.165, 1.54) is 10.8 Å². The summed E-state index contributed by atoms with van der Waals surface area (Å²) in [4.78, 5) is 24.8. The second kappa shape index (κ2) is 4.81. The predicted molar refractivity (Wildman–Crippen MR) is 68.0 cm³/mol. The normalized spacial score (nSPS) is 11.1. The monoisotopic (exact) mass is 268 g/mol. The molecule has 0 bridgehead atoms. The quantitative estimate of drug-likeness (QED) is 0.903. The zero-order chi connectivity index (χ0) is 13.3. The largest absolute Gasteiger partial charge is 0.328 e. The van der Waals surface area contributed by atoms with E-state index >= 15 is 0 Å². The van der Waals surface area contributed by atoms with Gasteiger partial charge in [-0.1, -0.05) is 11.6 Å². The predicted octanol–water partition coefficient (Wildman–Crippen LogP) is 1.02. The van der Waals surface area contributed by atoms with E-state index in [1.807, 2.05) is 26.1 Å². The summed E-state index contributed by atoms with van der Waals surface area (Å²) in [6, 6.07) is 2.08. The number of aromatic nitrogens is 4. The van der Waals surface area contributed by atoms with Crippen LogP contribution in [0.3, 0.4) is 0 Å². The lowest BCUT2D eigenvalue weighted by Gasteiger charge is -2.05. The third kappa shape index (κ3) is 2.53. The average molecular weight is 269 g/mol. The molecule has 0 saturated heterocycles. The van der Waals surface area contributed by atoms with Crippen molar-refractivity contribution in [2.75, 3.05) is 0 Å². The Morgan fingerprint density at radius 2 is 2.17 bits per heavy atom. The fraction of sp³-hybridized carbons (Fsp3) is 0.364. The summed E-state index contributed by atoms with van der Waals surface area (Å²) >= 11 is 5.68. The standard InChI is InChI=1S/C11H13ClN4O2/c1-7(2)16-4-3-8(14-16)5-15-6-9(12)10(17)13-11(15)18/h3-4,6-7H,5H2,1-2H3,(H,13,17,18). The van der Waals surface area contributed by atoms with E-state index in [-0.39, 0.29) is 17.6 Å². The number of nitrogens with one attached hydrogen (secondary N) is 1. The summed E-state index contributed by atoms with van der Waals surface area (Å²) in [5, 5.41) is 4.30. The fourth-order valence-electron chi connectivity index (χ4n) is 1.52. The van der Waals surface area contributed by atoms with Gasteiger partial charge in [-0.15, -0.1) is 0 Å². The van der Waals surface area contributed by atoms with Crippen molar-refractivity contribution in [3.05, 3.63) is 50.0 Å². The summed E-state index contributed by atoms with van der Waals surface area (Å²) in [7, 11) is 0. The molecule has 96 valence electrons. The van der Waals surface area contributed by atoms with Gasteiger partial charge in [0, 0.05) is 18.4 Å². The minimum absolute atomic E-state index is 0.0158. The maximum Gasteiger partial charge on any atom is 0.328 e. The Balaban J connectivity index is 2.31. The number of rotatable bonds is 3. The molecule has 1 N–H and O–H groups in total. The van der Waals surface area contributed by atoms with E-state index in [9.17, 15) is 9.59 Å². The molecule has 2 heterocycles. The lowest BCUT2D eigenvalue weighted by atomic mass is 10.4. The molecule has 7 heteroatoms. The molecule has 0 fully saturated rings. The summed E-state index contributed by atoms with van der Waals surface area (Å²) in [5.74, 6) is 0. The Kier molecular flexibility index (Phi) is 3.38. The zero-order valence-corrected chi connectivity index (χ0v) is 10.8. The molecule has 0 aliphatic heterocycles. The van der Waals surface area contributed by atoms with E-state index in [0.29, 0.717) is 0 Å². The second-order valence-corrected chi connectivity index (χ2v) is 4.65. The van der Waals surface area contributed by atoms with Crippen LogP contribution < -0.4 is 11.2 Å². The summed E-state index contributed by atoms with van der Waals surface area (Å²) in [6.07, 6.45) is 3.16. The molecule has 0 spiro atoms. The third-order valence-electron chi connectivity index (χ3n) is 2.49. The Labute approximate surface area is 108 Å². The highest BCUT2D eigenvalue weighted by molar-refractivity contribution is 6.30. The molecule has 6 nitrogen and oxygen atoms in total. The van der Waals surface area contributed by atoms with Crippen molar-refractivity contribution < 1.29 is 0 Å². The zero-order valence-electron chi connectivity index (χ0n) is 10.1. The van der Waals surface area contributed by atoms with E-state index in [2.05, 4.69) is 10.1 Å². The van der Waals surface area contributed by atoms with Crippen LogP contribution in [0.1, 0.15) is 25.6 Å². The second-order valence-electron chi connectivity index (χ2n) is 4.25. The maximum absolute atomic E-state index is 11.6.